The number of rotatable bonds is 3. The molecular weight excluding hydrogens is 502 g/mol. The van der Waals surface area contributed by atoms with E-state index in [-0.39, 0.29) is 6.03 Å². The number of benzene rings is 2. The molecule has 1 aromatic heterocycles. The first-order chi connectivity index (χ1) is 16.8. The number of piperazine rings is 1. The quantitative estimate of drug-likeness (QED) is 0.463. The molecule has 3 heterocycles. The number of anilines is 3. The Morgan fingerprint density at radius 1 is 0.914 bits per heavy atom. The molecule has 3 aromatic rings. The van der Waals surface area contributed by atoms with E-state index in [0.717, 1.165) is 76.5 Å². The number of aryl methyl sites for hydroxylation is 3. The number of amides is 2. The van der Waals surface area contributed by atoms with E-state index in [1.165, 1.54) is 11.3 Å². The Hall–Kier alpha value is -2.90. The van der Waals surface area contributed by atoms with Gasteiger partial charge in [-0.3, -0.25) is 9.88 Å². The molecule has 0 unspecified atom stereocenters. The molecule has 1 saturated heterocycles. The third-order valence-corrected chi connectivity index (χ3v) is 7.64. The van der Waals surface area contributed by atoms with E-state index in [0.29, 0.717) is 6.54 Å². The number of fused-ring (bicyclic) bond motifs is 1. The van der Waals surface area contributed by atoms with E-state index < -0.39 is 0 Å². The van der Waals surface area contributed by atoms with Gasteiger partial charge in [0, 0.05) is 54.3 Å². The summed E-state index contributed by atoms with van der Waals surface area (Å²) in [6.07, 6.45) is 0.864. The van der Waals surface area contributed by atoms with Crippen LogP contribution in [-0.2, 0) is 6.42 Å². The van der Waals surface area contributed by atoms with Crippen molar-refractivity contribution in [3.63, 3.8) is 0 Å². The van der Waals surface area contributed by atoms with Crippen molar-refractivity contribution < 1.29 is 4.79 Å². The summed E-state index contributed by atoms with van der Waals surface area (Å²) in [5, 5.41) is 3.13. The Morgan fingerprint density at radius 2 is 1.63 bits per heavy atom. The molecule has 0 bridgehead atoms. The van der Waals surface area contributed by atoms with Crippen molar-refractivity contribution in [1.29, 1.82) is 0 Å². The average Bonchev–Trinajstić information content (AvgIpc) is 3.21. The summed E-state index contributed by atoms with van der Waals surface area (Å²) < 4.78 is 1.11. The van der Waals surface area contributed by atoms with Crippen LogP contribution in [0.4, 0.5) is 21.9 Å². The van der Waals surface area contributed by atoms with Gasteiger partial charge in [0.15, 0.2) is 0 Å². The lowest BCUT2D eigenvalue weighted by Crippen LogP contribution is -2.44. The predicted octanol–water partition coefficient (Wildman–Crippen LogP) is 5.78. The van der Waals surface area contributed by atoms with Crippen molar-refractivity contribution in [2.24, 2.45) is 0 Å². The summed E-state index contributed by atoms with van der Waals surface area (Å²) >= 11 is 3.78. The van der Waals surface area contributed by atoms with Crippen LogP contribution in [0.25, 0.3) is 11.1 Å². The van der Waals surface area contributed by atoms with Crippen molar-refractivity contribution in [2.75, 3.05) is 54.9 Å². The van der Waals surface area contributed by atoms with Crippen molar-refractivity contribution in [2.45, 2.75) is 27.2 Å². The largest absolute Gasteiger partial charge is 0.368 e. The summed E-state index contributed by atoms with van der Waals surface area (Å²) in [7, 11) is 2.16. The van der Waals surface area contributed by atoms with Crippen molar-refractivity contribution in [1.82, 2.24) is 9.88 Å². The van der Waals surface area contributed by atoms with Gasteiger partial charge in [0.25, 0.3) is 0 Å². The molecule has 6 nitrogen and oxygen atoms in total. The second kappa shape index (κ2) is 9.63. The fourth-order valence-electron chi connectivity index (χ4n) is 5.14. The molecule has 2 aliphatic rings. The van der Waals surface area contributed by atoms with Crippen LogP contribution in [0.15, 0.2) is 46.9 Å². The average molecular weight is 535 g/mol. The normalized spacial score (nSPS) is 15.9. The van der Waals surface area contributed by atoms with E-state index in [9.17, 15) is 4.79 Å². The maximum Gasteiger partial charge on any atom is 0.326 e. The summed E-state index contributed by atoms with van der Waals surface area (Å²) in [5.74, 6) is 0. The zero-order valence-corrected chi connectivity index (χ0v) is 22.4. The fourth-order valence-corrected chi connectivity index (χ4v) is 5.78. The first kappa shape index (κ1) is 23.8. The van der Waals surface area contributed by atoms with E-state index in [1.54, 1.807) is 0 Å². The topological polar surface area (TPSA) is 51.7 Å². The second-order valence-corrected chi connectivity index (χ2v) is 10.6. The van der Waals surface area contributed by atoms with Crippen LogP contribution >= 0.6 is 15.9 Å². The van der Waals surface area contributed by atoms with Gasteiger partial charge >= 0.3 is 6.03 Å². The van der Waals surface area contributed by atoms with Crippen LogP contribution in [0.2, 0.25) is 0 Å². The molecular formula is C28H32BrN5O. The van der Waals surface area contributed by atoms with E-state index in [2.05, 4.69) is 80.3 Å². The Morgan fingerprint density at radius 3 is 2.31 bits per heavy atom. The van der Waals surface area contributed by atoms with Gasteiger partial charge in [-0.1, -0.05) is 6.07 Å². The smallest absolute Gasteiger partial charge is 0.326 e. The summed E-state index contributed by atoms with van der Waals surface area (Å²) in [4.78, 5) is 24.4. The van der Waals surface area contributed by atoms with Crippen LogP contribution in [0, 0.1) is 20.8 Å². The number of urea groups is 1. The predicted molar refractivity (Wildman–Crippen MR) is 148 cm³/mol. The number of pyridine rings is 1. The minimum Gasteiger partial charge on any atom is -0.368 e. The van der Waals surface area contributed by atoms with Gasteiger partial charge in [0.05, 0.1) is 11.4 Å². The molecule has 0 aliphatic carbocycles. The Kier molecular flexibility index (Phi) is 6.55. The number of nitrogens with one attached hydrogen (secondary N) is 1. The number of hydrogen-bond donors (Lipinski definition) is 1. The molecule has 1 fully saturated rings. The number of carbonyl (C=O) groups is 1. The van der Waals surface area contributed by atoms with Gasteiger partial charge in [-0.15, -0.1) is 0 Å². The lowest BCUT2D eigenvalue weighted by molar-refractivity contribution is 0.257. The van der Waals surface area contributed by atoms with Crippen LogP contribution in [0.1, 0.15) is 22.5 Å². The molecule has 5 rings (SSSR count). The van der Waals surface area contributed by atoms with E-state index in [1.807, 2.05) is 30.9 Å². The first-order valence-electron chi connectivity index (χ1n) is 12.2. The lowest BCUT2D eigenvalue weighted by Gasteiger charge is -2.35. The molecule has 2 aliphatic heterocycles. The van der Waals surface area contributed by atoms with Gasteiger partial charge < -0.3 is 15.1 Å². The first-order valence-corrected chi connectivity index (χ1v) is 13.0. The van der Waals surface area contributed by atoms with E-state index in [4.69, 9.17) is 0 Å². The Bertz CT molecular complexity index is 1260. The number of likely N-dealkylation sites (N-methyl/N-ethyl adjacent to an activating group) is 1. The monoisotopic (exact) mass is 533 g/mol. The zero-order valence-electron chi connectivity index (χ0n) is 20.9. The third-order valence-electron chi connectivity index (χ3n) is 7.00. The second-order valence-electron chi connectivity index (χ2n) is 9.72. The minimum atomic E-state index is -0.0850. The summed E-state index contributed by atoms with van der Waals surface area (Å²) in [6, 6.07) is 14.6. The molecule has 0 radical (unpaired) electrons. The van der Waals surface area contributed by atoms with Crippen LogP contribution < -0.4 is 15.1 Å². The number of nitrogens with zero attached hydrogens (tertiary/aromatic N) is 4. The zero-order chi connectivity index (χ0) is 24.7. The highest BCUT2D eigenvalue weighted by Crippen LogP contribution is 2.38. The van der Waals surface area contributed by atoms with Crippen LogP contribution in [0.3, 0.4) is 0 Å². The number of hydrogen-bond acceptors (Lipinski definition) is 4. The maximum atomic E-state index is 13.3. The van der Waals surface area contributed by atoms with Crippen molar-refractivity contribution in [3.8, 4) is 11.1 Å². The number of carbonyl (C=O) groups excluding carboxylic acids is 1. The Labute approximate surface area is 216 Å². The highest BCUT2D eigenvalue weighted by Gasteiger charge is 2.28. The molecule has 0 saturated carbocycles. The molecule has 2 aromatic carbocycles. The summed E-state index contributed by atoms with van der Waals surface area (Å²) in [5.41, 5.74) is 9.64. The highest BCUT2D eigenvalue weighted by atomic mass is 79.9. The van der Waals surface area contributed by atoms with Gasteiger partial charge in [-0.2, -0.15) is 0 Å². The number of aromatic nitrogens is 1. The molecule has 0 atom stereocenters. The van der Waals surface area contributed by atoms with Crippen LogP contribution in [0.5, 0.6) is 0 Å². The van der Waals surface area contributed by atoms with Gasteiger partial charge in [-0.25, -0.2) is 4.79 Å². The van der Waals surface area contributed by atoms with Gasteiger partial charge in [0.1, 0.15) is 0 Å². The standard InChI is InChI=1S/C28H32BrN5O/c1-18-13-23(5-6-24(18)22-14-19(2)30-20(3)15-22)31-28(35)34-8-7-21-16-25(29)27(17-26(21)34)33-11-9-32(4)10-12-33/h5-6,13-17H,7-12H2,1-4H3,(H,31,35). The lowest BCUT2D eigenvalue weighted by atomic mass is 9.99. The fraction of sp³-hybridized carbons (Fsp3) is 0.357. The number of halogens is 1. The molecule has 2 amide bonds. The maximum absolute atomic E-state index is 13.3. The van der Waals surface area contributed by atoms with Gasteiger partial charge in [-0.05, 0) is 109 Å². The Balaban J connectivity index is 1.35. The third kappa shape index (κ3) is 4.93. The molecule has 35 heavy (non-hydrogen) atoms. The summed E-state index contributed by atoms with van der Waals surface area (Å²) in [6.45, 7) is 10.9. The minimum absolute atomic E-state index is 0.0850. The van der Waals surface area contributed by atoms with Crippen molar-refractivity contribution >= 4 is 39.0 Å². The van der Waals surface area contributed by atoms with Crippen LogP contribution in [-0.4, -0.2) is 55.7 Å². The molecule has 7 heteroatoms. The van der Waals surface area contributed by atoms with Crippen molar-refractivity contribution in [3.05, 3.63) is 69.5 Å². The highest BCUT2D eigenvalue weighted by molar-refractivity contribution is 9.10. The SMILES string of the molecule is Cc1cc(-c2ccc(NC(=O)N3CCc4cc(Br)c(N5CCN(C)CC5)cc43)cc2C)cc(C)n1. The molecule has 0 spiro atoms. The molecule has 1 N–H and O–H groups in total. The molecule has 182 valence electrons. The van der Waals surface area contributed by atoms with Gasteiger partial charge in [0.2, 0.25) is 0 Å². The van der Waals surface area contributed by atoms with E-state index >= 15 is 0 Å².